The first-order chi connectivity index (χ1) is 14.8. The van der Waals surface area contributed by atoms with E-state index in [0.717, 1.165) is 12.1 Å². The minimum atomic E-state index is -0.712. The maximum absolute atomic E-state index is 13.8. The number of imide groups is 1. The smallest absolute Gasteiger partial charge is 0.261 e. The van der Waals surface area contributed by atoms with E-state index in [1.807, 2.05) is 0 Å². The highest BCUT2D eigenvalue weighted by molar-refractivity contribution is 6.21. The number of hydrogen-bond donors (Lipinski definition) is 0. The fourth-order valence-corrected chi connectivity index (χ4v) is 3.52. The average Bonchev–Trinajstić information content (AvgIpc) is 3.01. The molecule has 1 heterocycles. The maximum Gasteiger partial charge on any atom is 0.261 e. The number of carbonyl (C=O) groups is 3. The SMILES string of the molecule is CN(Cc1ccc(F)cc1F)C(=O)c1ccc(CN2C(=O)c3ccccc3C2=O)cc1. The second kappa shape index (κ2) is 8.10. The number of nitrogens with zero attached hydrogens (tertiary/aromatic N) is 2. The van der Waals surface area contributed by atoms with E-state index in [1.54, 1.807) is 48.5 Å². The van der Waals surface area contributed by atoms with Gasteiger partial charge in [0, 0.05) is 30.8 Å². The molecule has 31 heavy (non-hydrogen) atoms. The second-order valence-electron chi connectivity index (χ2n) is 7.34. The molecule has 1 aliphatic rings. The van der Waals surface area contributed by atoms with Crippen LogP contribution in [0.25, 0.3) is 0 Å². The van der Waals surface area contributed by atoms with E-state index in [4.69, 9.17) is 0 Å². The van der Waals surface area contributed by atoms with Gasteiger partial charge >= 0.3 is 0 Å². The lowest BCUT2D eigenvalue weighted by Crippen LogP contribution is -2.29. The molecule has 0 spiro atoms. The van der Waals surface area contributed by atoms with Crippen LogP contribution in [0.4, 0.5) is 8.78 Å². The third kappa shape index (κ3) is 3.94. The predicted octanol–water partition coefficient (Wildman–Crippen LogP) is 4.03. The molecule has 3 aromatic rings. The first kappa shape index (κ1) is 20.4. The molecular formula is C24H18F2N2O3. The summed E-state index contributed by atoms with van der Waals surface area (Å²) in [6, 6.07) is 16.4. The molecule has 0 aliphatic carbocycles. The van der Waals surface area contributed by atoms with E-state index in [1.165, 1.54) is 22.9 Å². The largest absolute Gasteiger partial charge is 0.337 e. The number of benzene rings is 3. The van der Waals surface area contributed by atoms with Crippen LogP contribution in [0.3, 0.4) is 0 Å². The average molecular weight is 420 g/mol. The number of amides is 3. The van der Waals surface area contributed by atoms with Gasteiger partial charge in [0.2, 0.25) is 0 Å². The van der Waals surface area contributed by atoms with Gasteiger partial charge in [0.15, 0.2) is 0 Å². The summed E-state index contributed by atoms with van der Waals surface area (Å²) < 4.78 is 26.9. The van der Waals surface area contributed by atoms with E-state index in [2.05, 4.69) is 0 Å². The van der Waals surface area contributed by atoms with E-state index in [0.29, 0.717) is 22.3 Å². The van der Waals surface area contributed by atoms with Gasteiger partial charge in [-0.05, 0) is 35.9 Å². The van der Waals surface area contributed by atoms with Crippen molar-refractivity contribution >= 4 is 17.7 Å². The first-order valence-corrected chi connectivity index (χ1v) is 9.58. The number of halogens is 2. The molecule has 1 aliphatic heterocycles. The Morgan fingerprint density at radius 2 is 1.52 bits per heavy atom. The summed E-state index contributed by atoms with van der Waals surface area (Å²) in [5.74, 6) is -2.42. The Bertz CT molecular complexity index is 1160. The molecule has 0 N–H and O–H groups in total. The van der Waals surface area contributed by atoms with E-state index in [-0.39, 0.29) is 36.4 Å². The van der Waals surface area contributed by atoms with E-state index < -0.39 is 11.6 Å². The fourth-order valence-electron chi connectivity index (χ4n) is 3.52. The van der Waals surface area contributed by atoms with Gasteiger partial charge in [0.1, 0.15) is 11.6 Å². The number of fused-ring (bicyclic) bond motifs is 1. The Balaban J connectivity index is 1.44. The van der Waals surface area contributed by atoms with Crippen LogP contribution >= 0.6 is 0 Å². The van der Waals surface area contributed by atoms with Crippen LogP contribution in [0.1, 0.15) is 42.2 Å². The highest BCUT2D eigenvalue weighted by Gasteiger charge is 2.34. The Hall–Kier alpha value is -3.87. The van der Waals surface area contributed by atoms with Gasteiger partial charge in [-0.2, -0.15) is 0 Å². The lowest BCUT2D eigenvalue weighted by atomic mass is 10.1. The van der Waals surface area contributed by atoms with Crippen LogP contribution in [-0.2, 0) is 13.1 Å². The summed E-state index contributed by atoms with van der Waals surface area (Å²) in [4.78, 5) is 40.1. The zero-order chi connectivity index (χ0) is 22.1. The molecule has 4 rings (SSSR count). The molecule has 3 amide bonds. The maximum atomic E-state index is 13.8. The van der Waals surface area contributed by atoms with Crippen molar-refractivity contribution in [2.75, 3.05) is 7.05 Å². The van der Waals surface area contributed by atoms with E-state index >= 15 is 0 Å². The Kier molecular flexibility index (Phi) is 5.33. The molecule has 0 saturated carbocycles. The van der Waals surface area contributed by atoms with Gasteiger partial charge in [0.25, 0.3) is 17.7 Å². The molecule has 0 unspecified atom stereocenters. The zero-order valence-corrected chi connectivity index (χ0v) is 16.6. The summed E-state index contributed by atoms with van der Waals surface area (Å²) in [7, 11) is 1.53. The van der Waals surface area contributed by atoms with Gasteiger partial charge in [-0.1, -0.05) is 30.3 Å². The Morgan fingerprint density at radius 1 is 0.903 bits per heavy atom. The quantitative estimate of drug-likeness (QED) is 0.586. The van der Waals surface area contributed by atoms with Crippen LogP contribution < -0.4 is 0 Å². The van der Waals surface area contributed by atoms with Crippen molar-refractivity contribution < 1.29 is 23.2 Å². The Labute approximate surface area is 177 Å². The van der Waals surface area contributed by atoms with Crippen molar-refractivity contribution in [1.29, 1.82) is 0 Å². The number of hydrogen-bond acceptors (Lipinski definition) is 3. The molecule has 7 heteroatoms. The molecule has 3 aromatic carbocycles. The van der Waals surface area contributed by atoms with Crippen LogP contribution in [0.5, 0.6) is 0 Å². The molecule has 156 valence electrons. The monoisotopic (exact) mass is 420 g/mol. The first-order valence-electron chi connectivity index (χ1n) is 9.58. The van der Waals surface area contributed by atoms with Crippen LogP contribution in [0.2, 0.25) is 0 Å². The van der Waals surface area contributed by atoms with Crippen LogP contribution in [0, 0.1) is 11.6 Å². The van der Waals surface area contributed by atoms with Gasteiger partial charge in [-0.25, -0.2) is 8.78 Å². The fraction of sp³-hybridized carbons (Fsp3) is 0.125. The lowest BCUT2D eigenvalue weighted by molar-refractivity contribution is 0.0641. The van der Waals surface area contributed by atoms with Crippen molar-refractivity contribution in [2.45, 2.75) is 13.1 Å². The van der Waals surface area contributed by atoms with Crippen LogP contribution in [-0.4, -0.2) is 34.6 Å². The normalized spacial score (nSPS) is 12.8. The highest BCUT2D eigenvalue weighted by Crippen LogP contribution is 2.24. The molecule has 0 radical (unpaired) electrons. The van der Waals surface area contributed by atoms with Gasteiger partial charge in [-0.15, -0.1) is 0 Å². The predicted molar refractivity (Wildman–Crippen MR) is 109 cm³/mol. The molecule has 0 fully saturated rings. The number of rotatable bonds is 5. The standard InChI is InChI=1S/C24H18F2N2O3/c1-27(14-17-10-11-18(25)12-21(17)26)22(29)16-8-6-15(7-9-16)13-28-23(30)19-4-2-3-5-20(19)24(28)31/h2-12H,13-14H2,1H3. The summed E-state index contributed by atoms with van der Waals surface area (Å²) in [5.41, 5.74) is 2.04. The molecule has 0 atom stereocenters. The molecular weight excluding hydrogens is 402 g/mol. The van der Waals surface area contributed by atoms with Gasteiger partial charge in [0.05, 0.1) is 17.7 Å². The molecule has 0 saturated heterocycles. The molecule has 5 nitrogen and oxygen atoms in total. The van der Waals surface area contributed by atoms with Crippen molar-refractivity contribution in [1.82, 2.24) is 9.80 Å². The van der Waals surface area contributed by atoms with Crippen LogP contribution in [0.15, 0.2) is 66.7 Å². The zero-order valence-electron chi connectivity index (χ0n) is 16.6. The van der Waals surface area contributed by atoms with Crippen molar-refractivity contribution in [3.05, 3.63) is 106 Å². The van der Waals surface area contributed by atoms with Gasteiger partial charge in [-0.3, -0.25) is 19.3 Å². The topological polar surface area (TPSA) is 57.7 Å². The van der Waals surface area contributed by atoms with Crippen molar-refractivity contribution in [3.8, 4) is 0 Å². The summed E-state index contributed by atoms with van der Waals surface area (Å²) >= 11 is 0. The minimum absolute atomic E-state index is 0.0122. The Morgan fingerprint density at radius 3 is 2.10 bits per heavy atom. The lowest BCUT2D eigenvalue weighted by Gasteiger charge is -2.18. The summed E-state index contributed by atoms with van der Waals surface area (Å²) in [6.07, 6.45) is 0. The summed E-state index contributed by atoms with van der Waals surface area (Å²) in [6.45, 7) is 0.0825. The van der Waals surface area contributed by atoms with E-state index in [9.17, 15) is 23.2 Å². The third-order valence-electron chi connectivity index (χ3n) is 5.19. The molecule has 0 aromatic heterocycles. The number of carbonyl (C=O) groups excluding carboxylic acids is 3. The minimum Gasteiger partial charge on any atom is -0.337 e. The molecule has 0 bridgehead atoms. The highest BCUT2D eigenvalue weighted by atomic mass is 19.1. The summed E-state index contributed by atoms with van der Waals surface area (Å²) in [5, 5.41) is 0. The second-order valence-corrected chi connectivity index (χ2v) is 7.34. The van der Waals surface area contributed by atoms with Crippen molar-refractivity contribution in [3.63, 3.8) is 0 Å². The van der Waals surface area contributed by atoms with Gasteiger partial charge < -0.3 is 4.90 Å². The third-order valence-corrected chi connectivity index (χ3v) is 5.19. The van der Waals surface area contributed by atoms with Crippen molar-refractivity contribution in [2.24, 2.45) is 0 Å².